The lowest BCUT2D eigenvalue weighted by Gasteiger charge is -2.22. The van der Waals surface area contributed by atoms with Crippen molar-refractivity contribution in [3.8, 4) is 5.75 Å². The maximum Gasteiger partial charge on any atom is 0.301 e. The van der Waals surface area contributed by atoms with Crippen LogP contribution in [-0.2, 0) is 9.59 Å². The molecule has 146 valence electrons. The molecule has 1 unspecified atom stereocenters. The van der Waals surface area contributed by atoms with Crippen molar-refractivity contribution in [1.29, 1.82) is 0 Å². The van der Waals surface area contributed by atoms with Gasteiger partial charge in [-0.25, -0.2) is 4.98 Å². The number of hydrogen-bond acceptors (Lipinski definition) is 7. The first kappa shape index (κ1) is 18.8. The number of ketones is 1. The average Bonchev–Trinajstić information content (AvgIpc) is 3.36. The van der Waals surface area contributed by atoms with Crippen LogP contribution in [0, 0.1) is 0 Å². The summed E-state index contributed by atoms with van der Waals surface area (Å²) in [5.41, 5.74) is 0.984. The van der Waals surface area contributed by atoms with Gasteiger partial charge in [0.15, 0.2) is 5.13 Å². The molecule has 1 aliphatic heterocycles. The summed E-state index contributed by atoms with van der Waals surface area (Å²) in [6.45, 7) is 2.32. The number of nitrogens with zero attached hydrogens (tertiary/aromatic N) is 3. The van der Waals surface area contributed by atoms with Crippen molar-refractivity contribution in [1.82, 2.24) is 9.97 Å². The van der Waals surface area contributed by atoms with Gasteiger partial charge in [0, 0.05) is 29.5 Å². The lowest BCUT2D eigenvalue weighted by Crippen LogP contribution is -2.29. The Balaban J connectivity index is 1.90. The summed E-state index contributed by atoms with van der Waals surface area (Å²) in [6, 6.07) is 9.42. The summed E-state index contributed by atoms with van der Waals surface area (Å²) in [5.74, 6) is -1.22. The molecule has 4 rings (SSSR count). The van der Waals surface area contributed by atoms with Crippen molar-refractivity contribution in [2.75, 3.05) is 11.5 Å². The second kappa shape index (κ2) is 7.84. The Hall–Kier alpha value is -3.52. The first-order valence-corrected chi connectivity index (χ1v) is 9.83. The van der Waals surface area contributed by atoms with Gasteiger partial charge in [0.25, 0.3) is 5.78 Å². The minimum Gasteiger partial charge on any atom is -0.507 e. The largest absolute Gasteiger partial charge is 0.507 e. The number of Topliss-reactive ketones (excluding diaryl/α,β-unsaturated/α-hetero) is 1. The van der Waals surface area contributed by atoms with Gasteiger partial charge in [-0.3, -0.25) is 19.5 Å². The number of rotatable bonds is 5. The average molecular weight is 407 g/mol. The molecule has 29 heavy (non-hydrogen) atoms. The van der Waals surface area contributed by atoms with Crippen molar-refractivity contribution in [3.05, 3.63) is 77.1 Å². The number of amides is 1. The normalized spacial score (nSPS) is 18.2. The van der Waals surface area contributed by atoms with Crippen LogP contribution in [0.1, 0.15) is 24.1 Å². The number of hydrogen-bond donors (Lipinski definition) is 1. The lowest BCUT2D eigenvalue weighted by atomic mass is 9.96. The summed E-state index contributed by atoms with van der Waals surface area (Å²) in [4.78, 5) is 35.4. The number of aliphatic hydroxyl groups is 1. The van der Waals surface area contributed by atoms with E-state index < -0.39 is 17.7 Å². The van der Waals surface area contributed by atoms with E-state index in [4.69, 9.17) is 4.74 Å². The third-order valence-electron chi connectivity index (χ3n) is 4.49. The van der Waals surface area contributed by atoms with E-state index in [1.807, 2.05) is 6.92 Å². The van der Waals surface area contributed by atoms with Crippen LogP contribution in [-0.4, -0.2) is 33.4 Å². The molecule has 1 amide bonds. The topological polar surface area (TPSA) is 92.6 Å². The predicted octanol–water partition coefficient (Wildman–Crippen LogP) is 3.56. The first-order chi connectivity index (χ1) is 14.1. The number of thiazole rings is 1. The van der Waals surface area contributed by atoms with E-state index in [0.29, 0.717) is 28.6 Å². The van der Waals surface area contributed by atoms with Crippen LogP contribution in [0.4, 0.5) is 5.13 Å². The highest BCUT2D eigenvalue weighted by atomic mass is 32.1. The molecule has 1 saturated heterocycles. The number of pyridine rings is 1. The minimum atomic E-state index is -0.828. The highest BCUT2D eigenvalue weighted by molar-refractivity contribution is 7.14. The third-order valence-corrected chi connectivity index (χ3v) is 5.26. The fraction of sp³-hybridized carbons (Fsp3) is 0.143. The quantitative estimate of drug-likeness (QED) is 0.395. The number of aliphatic hydroxyl groups excluding tert-OH is 1. The van der Waals surface area contributed by atoms with Gasteiger partial charge in [-0.05, 0) is 30.7 Å². The fourth-order valence-corrected chi connectivity index (χ4v) is 3.94. The summed E-state index contributed by atoms with van der Waals surface area (Å²) in [6.07, 6.45) is 4.73. The molecule has 8 heteroatoms. The summed E-state index contributed by atoms with van der Waals surface area (Å²) in [5, 5.41) is 13.1. The predicted molar refractivity (Wildman–Crippen MR) is 109 cm³/mol. The number of benzene rings is 1. The molecule has 2 aromatic heterocycles. The van der Waals surface area contributed by atoms with Crippen LogP contribution < -0.4 is 9.64 Å². The summed E-state index contributed by atoms with van der Waals surface area (Å²) in [7, 11) is 0. The van der Waals surface area contributed by atoms with Crippen LogP contribution in [0.3, 0.4) is 0 Å². The number of carbonyl (C=O) groups excluding carboxylic acids is 2. The number of anilines is 1. The van der Waals surface area contributed by atoms with Gasteiger partial charge in [-0.15, -0.1) is 11.3 Å². The zero-order chi connectivity index (χ0) is 20.4. The molecule has 0 radical (unpaired) electrons. The minimum absolute atomic E-state index is 0.00755. The molecule has 3 heterocycles. The second-order valence-corrected chi connectivity index (χ2v) is 7.10. The van der Waals surface area contributed by atoms with E-state index in [1.165, 1.54) is 16.2 Å². The Bertz CT molecular complexity index is 1080. The Kier molecular flexibility index (Phi) is 5.09. The van der Waals surface area contributed by atoms with Crippen LogP contribution >= 0.6 is 11.3 Å². The van der Waals surface area contributed by atoms with Crippen molar-refractivity contribution in [2.45, 2.75) is 13.0 Å². The highest BCUT2D eigenvalue weighted by Crippen LogP contribution is 2.42. The zero-order valence-electron chi connectivity index (χ0n) is 15.5. The van der Waals surface area contributed by atoms with E-state index in [1.54, 1.807) is 60.4 Å². The molecule has 1 fully saturated rings. The highest BCUT2D eigenvalue weighted by Gasteiger charge is 2.48. The van der Waals surface area contributed by atoms with Crippen LogP contribution in [0.25, 0.3) is 5.76 Å². The van der Waals surface area contributed by atoms with E-state index >= 15 is 0 Å². The van der Waals surface area contributed by atoms with Crippen LogP contribution in [0.5, 0.6) is 5.75 Å². The molecule has 0 spiro atoms. The third kappa shape index (κ3) is 3.38. The second-order valence-electron chi connectivity index (χ2n) is 6.23. The summed E-state index contributed by atoms with van der Waals surface area (Å²) >= 11 is 1.24. The van der Waals surface area contributed by atoms with Gasteiger partial charge in [-0.1, -0.05) is 18.2 Å². The van der Waals surface area contributed by atoms with Gasteiger partial charge in [0.05, 0.1) is 18.2 Å². The zero-order valence-corrected chi connectivity index (χ0v) is 16.3. The maximum absolute atomic E-state index is 12.9. The molecule has 3 aromatic rings. The van der Waals surface area contributed by atoms with Gasteiger partial charge < -0.3 is 9.84 Å². The maximum atomic E-state index is 12.9. The fourth-order valence-electron chi connectivity index (χ4n) is 3.27. The van der Waals surface area contributed by atoms with Crippen molar-refractivity contribution in [2.24, 2.45) is 0 Å². The molecular weight excluding hydrogens is 390 g/mol. The Morgan fingerprint density at radius 2 is 2.10 bits per heavy atom. The molecule has 7 nitrogen and oxygen atoms in total. The van der Waals surface area contributed by atoms with Crippen molar-refractivity contribution >= 4 is 33.9 Å². The Morgan fingerprint density at radius 3 is 2.79 bits per heavy atom. The molecule has 0 aliphatic carbocycles. The lowest BCUT2D eigenvalue weighted by molar-refractivity contribution is -0.132. The van der Waals surface area contributed by atoms with Crippen molar-refractivity contribution < 1.29 is 19.4 Å². The molecule has 1 aliphatic rings. The number of aromatic nitrogens is 2. The molecular formula is C21H17N3O4S. The first-order valence-electron chi connectivity index (χ1n) is 8.95. The molecule has 0 bridgehead atoms. The molecule has 1 atom stereocenters. The molecule has 1 aromatic carbocycles. The number of ether oxygens (including phenoxy) is 1. The van der Waals surface area contributed by atoms with E-state index in [-0.39, 0.29) is 11.3 Å². The van der Waals surface area contributed by atoms with Gasteiger partial charge in [0.2, 0.25) is 0 Å². The van der Waals surface area contributed by atoms with Gasteiger partial charge in [0.1, 0.15) is 11.5 Å². The standard InChI is InChI=1S/C21H17N3O4S/c1-2-28-15-7-3-5-13(11-15)18(25)16-17(14-6-4-8-22-12-14)24(20(27)19(16)26)21-23-9-10-29-21/h3-12,17,25H,2H2,1H3. The Labute approximate surface area is 170 Å². The summed E-state index contributed by atoms with van der Waals surface area (Å²) < 4.78 is 5.48. The smallest absolute Gasteiger partial charge is 0.301 e. The van der Waals surface area contributed by atoms with Gasteiger partial charge in [-0.2, -0.15) is 0 Å². The Morgan fingerprint density at radius 1 is 1.24 bits per heavy atom. The molecule has 1 N–H and O–H groups in total. The van der Waals surface area contributed by atoms with Crippen LogP contribution in [0.15, 0.2) is 65.9 Å². The number of carbonyl (C=O) groups is 2. The van der Waals surface area contributed by atoms with E-state index in [2.05, 4.69) is 9.97 Å². The van der Waals surface area contributed by atoms with Gasteiger partial charge >= 0.3 is 5.91 Å². The van der Waals surface area contributed by atoms with E-state index in [0.717, 1.165) is 0 Å². The SMILES string of the molecule is CCOc1cccc(C(O)=C2C(=O)C(=O)N(c3nccs3)C2c2cccnc2)c1. The monoisotopic (exact) mass is 407 g/mol. The van der Waals surface area contributed by atoms with Crippen LogP contribution in [0.2, 0.25) is 0 Å². The van der Waals surface area contributed by atoms with E-state index in [9.17, 15) is 14.7 Å². The van der Waals surface area contributed by atoms with Crippen molar-refractivity contribution in [3.63, 3.8) is 0 Å². The molecule has 0 saturated carbocycles.